The summed E-state index contributed by atoms with van der Waals surface area (Å²) in [6.45, 7) is -1.20. The SMILES string of the molecule is O=C(O)CC(=O)OCC1OC(OC2CC(O)CC3OC(C4CCC(O)C(O)C4)C(OC4OC(COC(=O)C=CC5CCC(O)CC5)C(O)C(O)C4O)CC23)C(O)C(O)C1O. The number of aliphatic carboxylic acids is 1. The Kier molecular flexibility index (Phi) is 16.3. The smallest absolute Gasteiger partial charge is 0.330 e. The molecular weight excluding hydrogens is 804 g/mol. The van der Waals surface area contributed by atoms with Crippen molar-refractivity contribution in [2.75, 3.05) is 13.2 Å². The Morgan fingerprint density at radius 3 is 1.78 bits per heavy atom. The highest BCUT2D eigenvalue weighted by Gasteiger charge is 2.54. The number of esters is 2. The summed E-state index contributed by atoms with van der Waals surface area (Å²) in [6, 6.07) is 0. The van der Waals surface area contributed by atoms with E-state index in [2.05, 4.69) is 0 Å². The number of carbonyl (C=O) groups is 3. The van der Waals surface area contributed by atoms with Gasteiger partial charge >= 0.3 is 17.9 Å². The number of carboxylic acid groups (broad SMARTS) is 1. The predicted molar refractivity (Wildman–Crippen MR) is 196 cm³/mol. The third-order valence-electron chi connectivity index (χ3n) is 12.7. The highest BCUT2D eigenvalue weighted by Crippen LogP contribution is 2.45. The van der Waals surface area contributed by atoms with Crippen molar-refractivity contribution in [2.45, 2.75) is 181 Å². The van der Waals surface area contributed by atoms with E-state index in [4.69, 9.17) is 38.3 Å². The topological polar surface area (TPSA) is 338 Å². The second-order valence-electron chi connectivity index (χ2n) is 17.1. The van der Waals surface area contributed by atoms with E-state index in [1.807, 2.05) is 0 Å². The summed E-state index contributed by atoms with van der Waals surface area (Å²) in [5.41, 5.74) is 0. The average Bonchev–Trinajstić information content (AvgIpc) is 3.20. The number of hydrogen-bond acceptors (Lipinski definition) is 20. The van der Waals surface area contributed by atoms with Gasteiger partial charge in [-0.3, -0.25) is 9.59 Å². The van der Waals surface area contributed by atoms with E-state index in [0.717, 1.165) is 0 Å². The summed E-state index contributed by atoms with van der Waals surface area (Å²) < 4.78 is 41.0. The number of aliphatic hydroxyl groups excluding tert-OH is 10. The Bertz CT molecular complexity index is 1460. The third-order valence-corrected chi connectivity index (χ3v) is 12.7. The molecule has 0 aromatic carbocycles. The van der Waals surface area contributed by atoms with Crippen LogP contribution in [0, 0.1) is 17.8 Å². The Balaban J connectivity index is 1.16. The normalized spacial score (nSPS) is 46.3. The molecule has 6 rings (SSSR count). The first kappa shape index (κ1) is 47.0. The van der Waals surface area contributed by atoms with Gasteiger partial charge in [0.2, 0.25) is 0 Å². The summed E-state index contributed by atoms with van der Waals surface area (Å²) in [6.07, 6.45) is -18.2. The van der Waals surface area contributed by atoms with Crippen LogP contribution < -0.4 is 0 Å². The lowest BCUT2D eigenvalue weighted by Crippen LogP contribution is -2.63. The van der Waals surface area contributed by atoms with Gasteiger partial charge in [0.05, 0.1) is 48.8 Å². The molecule has 0 aromatic heterocycles. The fraction of sp³-hybridized carbons (Fsp3) is 0.872. The average molecular weight is 865 g/mol. The van der Waals surface area contributed by atoms with Crippen molar-refractivity contribution >= 4 is 17.9 Å². The van der Waals surface area contributed by atoms with Gasteiger partial charge in [-0.05, 0) is 69.6 Å². The molecule has 21 heteroatoms. The van der Waals surface area contributed by atoms with Gasteiger partial charge in [0.25, 0.3) is 0 Å². The van der Waals surface area contributed by atoms with Crippen LogP contribution in [0.1, 0.15) is 70.6 Å². The van der Waals surface area contributed by atoms with Crippen molar-refractivity contribution in [3.63, 3.8) is 0 Å². The maximum Gasteiger partial charge on any atom is 0.330 e. The lowest BCUT2D eigenvalue weighted by Gasteiger charge is -2.52. The van der Waals surface area contributed by atoms with Gasteiger partial charge in [0.1, 0.15) is 68.5 Å². The molecule has 0 aromatic rings. The Morgan fingerprint density at radius 2 is 1.18 bits per heavy atom. The van der Waals surface area contributed by atoms with Crippen molar-refractivity contribution in [3.8, 4) is 0 Å². The van der Waals surface area contributed by atoms with E-state index < -0.39 is 154 Å². The van der Waals surface area contributed by atoms with E-state index in [0.29, 0.717) is 32.1 Å². The minimum absolute atomic E-state index is 0.0300. The fourth-order valence-corrected chi connectivity index (χ4v) is 9.29. The van der Waals surface area contributed by atoms with Gasteiger partial charge in [0.15, 0.2) is 12.6 Å². The molecule has 6 fully saturated rings. The maximum absolute atomic E-state index is 12.6. The summed E-state index contributed by atoms with van der Waals surface area (Å²) in [5, 5.41) is 115. The second kappa shape index (κ2) is 20.8. The molecule has 3 saturated heterocycles. The summed E-state index contributed by atoms with van der Waals surface area (Å²) in [4.78, 5) is 35.3. The van der Waals surface area contributed by atoms with Crippen LogP contribution in [0.25, 0.3) is 0 Å². The first-order valence-electron chi connectivity index (χ1n) is 20.8. The zero-order valence-corrected chi connectivity index (χ0v) is 33.0. The molecule has 6 aliphatic rings. The van der Waals surface area contributed by atoms with E-state index in [-0.39, 0.29) is 44.1 Å². The number of allylic oxidation sites excluding steroid dienone is 1. The van der Waals surface area contributed by atoms with E-state index >= 15 is 0 Å². The molecular formula is C39H60O21. The van der Waals surface area contributed by atoms with Crippen molar-refractivity contribution in [1.29, 1.82) is 0 Å². The van der Waals surface area contributed by atoms with Crippen LogP contribution in [-0.4, -0.2) is 198 Å². The van der Waals surface area contributed by atoms with Gasteiger partial charge in [-0.15, -0.1) is 0 Å². The summed E-state index contributed by atoms with van der Waals surface area (Å²) >= 11 is 0. The summed E-state index contributed by atoms with van der Waals surface area (Å²) in [7, 11) is 0. The molecule has 19 atom stereocenters. The largest absolute Gasteiger partial charge is 0.481 e. The van der Waals surface area contributed by atoms with Crippen molar-refractivity contribution < 1.29 is 104 Å². The predicted octanol–water partition coefficient (Wildman–Crippen LogP) is -3.51. The number of aliphatic hydroxyl groups is 10. The van der Waals surface area contributed by atoms with Crippen molar-refractivity contribution in [1.82, 2.24) is 0 Å². The van der Waals surface area contributed by atoms with Crippen LogP contribution in [0.3, 0.4) is 0 Å². The van der Waals surface area contributed by atoms with Crippen LogP contribution in [0.4, 0.5) is 0 Å². The lowest BCUT2D eigenvalue weighted by atomic mass is 9.72. The lowest BCUT2D eigenvalue weighted by molar-refractivity contribution is -0.344. The monoisotopic (exact) mass is 864 g/mol. The Hall–Kier alpha value is -2.45. The van der Waals surface area contributed by atoms with E-state index in [1.54, 1.807) is 6.08 Å². The van der Waals surface area contributed by atoms with E-state index in [9.17, 15) is 65.4 Å². The number of carboxylic acids is 1. The van der Waals surface area contributed by atoms with Crippen LogP contribution in [0.2, 0.25) is 0 Å². The molecule has 0 radical (unpaired) electrons. The van der Waals surface area contributed by atoms with Crippen molar-refractivity contribution in [3.05, 3.63) is 12.2 Å². The molecule has 342 valence electrons. The number of carbonyl (C=O) groups excluding carboxylic acids is 2. The van der Waals surface area contributed by atoms with Crippen molar-refractivity contribution in [2.24, 2.45) is 17.8 Å². The highest BCUT2D eigenvalue weighted by molar-refractivity contribution is 5.90. The minimum atomic E-state index is -1.85. The molecule has 3 saturated carbocycles. The highest BCUT2D eigenvalue weighted by atomic mass is 16.7. The zero-order chi connectivity index (χ0) is 43.4. The number of hydrogen-bond donors (Lipinski definition) is 11. The Labute approximate surface area is 345 Å². The quantitative estimate of drug-likeness (QED) is 0.0486. The standard InChI is InChI=1S/C39H60O21/c40-18-5-1-16(2-6-18)3-8-29(46)54-14-26-31(48)34(51)36(53)39(60-26)58-25-12-20-23(56-37(25)17-4-7-21(42)22(43)9-17)10-19(41)11-24(20)57-38-35(52)33(50)32(49)27(59-38)15-55-30(47)13-28(44)45/h3,8,16-27,31-43,48-53H,1-2,4-7,9-15H2,(H,44,45). The van der Waals surface area contributed by atoms with Crippen LogP contribution in [0.5, 0.6) is 0 Å². The molecule has 0 spiro atoms. The molecule has 19 unspecified atom stereocenters. The number of ether oxygens (including phenoxy) is 7. The van der Waals surface area contributed by atoms with Gasteiger partial charge in [-0.1, -0.05) is 6.08 Å². The van der Waals surface area contributed by atoms with E-state index in [1.165, 1.54) is 6.08 Å². The zero-order valence-electron chi connectivity index (χ0n) is 33.0. The van der Waals surface area contributed by atoms with Gasteiger partial charge < -0.3 is 89.3 Å². The van der Waals surface area contributed by atoms with Gasteiger partial charge in [-0.25, -0.2) is 4.79 Å². The molecule has 3 heterocycles. The van der Waals surface area contributed by atoms with Crippen LogP contribution >= 0.6 is 0 Å². The molecule has 0 bridgehead atoms. The van der Waals surface area contributed by atoms with Crippen LogP contribution in [0.15, 0.2) is 12.2 Å². The first-order valence-corrected chi connectivity index (χ1v) is 20.8. The summed E-state index contributed by atoms with van der Waals surface area (Å²) in [5.74, 6) is -4.30. The molecule has 11 N–H and O–H groups in total. The third kappa shape index (κ3) is 11.6. The second-order valence-corrected chi connectivity index (χ2v) is 17.1. The molecule has 3 aliphatic carbocycles. The van der Waals surface area contributed by atoms with Crippen LogP contribution in [-0.2, 0) is 47.5 Å². The fourth-order valence-electron chi connectivity index (χ4n) is 9.29. The first-order chi connectivity index (χ1) is 28.5. The Morgan fingerprint density at radius 1 is 0.583 bits per heavy atom. The van der Waals surface area contributed by atoms with Gasteiger partial charge in [0, 0.05) is 18.4 Å². The molecule has 21 nitrogen and oxygen atoms in total. The molecule has 60 heavy (non-hydrogen) atoms. The number of fused-ring (bicyclic) bond motifs is 1. The molecule has 3 aliphatic heterocycles. The minimum Gasteiger partial charge on any atom is -0.481 e. The number of rotatable bonds is 13. The molecule has 0 amide bonds. The maximum atomic E-state index is 12.6. The van der Waals surface area contributed by atoms with Gasteiger partial charge in [-0.2, -0.15) is 0 Å².